The maximum absolute atomic E-state index is 15.9. The maximum Gasteiger partial charge on any atom is 0.284 e. The number of benzene rings is 2. The number of amides is 1. The van der Waals surface area contributed by atoms with Crippen molar-refractivity contribution in [2.24, 2.45) is 5.92 Å². The zero-order valence-corrected chi connectivity index (χ0v) is 24.4. The van der Waals surface area contributed by atoms with Gasteiger partial charge in [0.1, 0.15) is 11.3 Å². The van der Waals surface area contributed by atoms with E-state index >= 15 is 4.39 Å². The minimum Gasteiger partial charge on any atom is -0.492 e. The number of aromatic amines is 1. The van der Waals surface area contributed by atoms with E-state index in [1.165, 1.54) is 13.2 Å². The molecule has 2 unspecified atom stereocenters. The highest BCUT2D eigenvalue weighted by molar-refractivity contribution is 7.71. The quantitative estimate of drug-likeness (QED) is 0.259. The summed E-state index contributed by atoms with van der Waals surface area (Å²) in [6, 6.07) is 8.48. The molecule has 1 amide bonds. The summed E-state index contributed by atoms with van der Waals surface area (Å²) >= 11 is 4.92. The summed E-state index contributed by atoms with van der Waals surface area (Å²) in [6.45, 7) is 2.38. The third kappa shape index (κ3) is 4.97. The third-order valence-electron chi connectivity index (χ3n) is 8.33. The smallest absolute Gasteiger partial charge is 0.284 e. The van der Waals surface area contributed by atoms with Crippen LogP contribution in [-0.2, 0) is 0 Å². The molecule has 0 bridgehead atoms. The molecule has 3 aliphatic rings. The Morgan fingerprint density at radius 2 is 2.00 bits per heavy atom. The Morgan fingerprint density at radius 1 is 1.21 bits per heavy atom. The fourth-order valence-electron chi connectivity index (χ4n) is 6.21. The summed E-state index contributed by atoms with van der Waals surface area (Å²) in [6.07, 6.45) is 5.61. The number of nitrogens with one attached hydrogen (secondary N) is 3. The van der Waals surface area contributed by atoms with Crippen molar-refractivity contribution in [3.05, 3.63) is 63.0 Å². The lowest BCUT2D eigenvalue weighted by Gasteiger charge is -2.25. The van der Waals surface area contributed by atoms with Crippen molar-refractivity contribution >= 4 is 52.8 Å². The van der Waals surface area contributed by atoms with Gasteiger partial charge in [0.2, 0.25) is 11.3 Å². The fourth-order valence-corrected chi connectivity index (χ4v) is 6.34. The number of ether oxygens (including phenoxy) is 1. The zero-order valence-electron chi connectivity index (χ0n) is 22.8. The lowest BCUT2D eigenvalue weighted by Crippen LogP contribution is -2.40. The number of piperidine rings is 1. The number of carbonyl (C=O) groups excluding carboxylic acids is 1. The van der Waals surface area contributed by atoms with Gasteiger partial charge >= 0.3 is 0 Å². The summed E-state index contributed by atoms with van der Waals surface area (Å²) < 4.78 is 29.0. The molecule has 42 heavy (non-hydrogen) atoms. The molecule has 1 aliphatic carbocycles. The van der Waals surface area contributed by atoms with Gasteiger partial charge < -0.3 is 29.3 Å². The molecule has 2 atom stereocenters. The number of rotatable bonds is 6. The molecule has 0 spiro atoms. The minimum atomic E-state index is -0.575. The van der Waals surface area contributed by atoms with Crippen LogP contribution in [0.1, 0.15) is 42.1 Å². The van der Waals surface area contributed by atoms with Crippen LogP contribution in [-0.4, -0.2) is 53.5 Å². The molecular weight excluding hydrogens is 583 g/mol. The van der Waals surface area contributed by atoms with Crippen LogP contribution in [0, 0.1) is 16.6 Å². The highest BCUT2D eigenvalue weighted by atomic mass is 35.5. The summed E-state index contributed by atoms with van der Waals surface area (Å²) in [4.78, 5) is 29.3. The Morgan fingerprint density at radius 3 is 2.67 bits per heavy atom. The van der Waals surface area contributed by atoms with Crippen LogP contribution in [0.3, 0.4) is 0 Å². The van der Waals surface area contributed by atoms with Crippen molar-refractivity contribution in [3.63, 3.8) is 0 Å². The van der Waals surface area contributed by atoms with E-state index in [1.807, 2.05) is 9.47 Å². The van der Waals surface area contributed by atoms with Gasteiger partial charge in [-0.1, -0.05) is 0 Å². The molecule has 4 heterocycles. The van der Waals surface area contributed by atoms with Crippen LogP contribution < -0.4 is 25.7 Å². The lowest BCUT2D eigenvalue weighted by atomic mass is 9.94. The monoisotopic (exact) mass is 612 g/mol. The van der Waals surface area contributed by atoms with Crippen LogP contribution in [0.5, 0.6) is 5.75 Å². The van der Waals surface area contributed by atoms with E-state index in [0.29, 0.717) is 52.6 Å². The van der Waals surface area contributed by atoms with Crippen molar-refractivity contribution in [2.45, 2.75) is 37.8 Å². The number of carbonyl (C=O) groups is 1. The second kappa shape index (κ2) is 11.2. The van der Waals surface area contributed by atoms with Crippen LogP contribution in [0.4, 0.5) is 15.8 Å². The van der Waals surface area contributed by atoms with E-state index in [-0.39, 0.29) is 34.2 Å². The van der Waals surface area contributed by atoms with Crippen LogP contribution in [0.2, 0.25) is 0 Å². The van der Waals surface area contributed by atoms with Gasteiger partial charge in [0, 0.05) is 42.6 Å². The Kier molecular flexibility index (Phi) is 7.54. The Labute approximate surface area is 251 Å². The van der Waals surface area contributed by atoms with E-state index < -0.39 is 17.2 Å². The van der Waals surface area contributed by atoms with Gasteiger partial charge in [-0.25, -0.2) is 9.49 Å². The summed E-state index contributed by atoms with van der Waals surface area (Å²) in [5.74, 6) is 0.0217. The number of methoxy groups -OCH3 is 1. The first-order chi connectivity index (χ1) is 19.9. The van der Waals surface area contributed by atoms with E-state index in [1.54, 1.807) is 30.5 Å². The average Bonchev–Trinajstić information content (AvgIpc) is 3.58. The fraction of sp³-hybridized carbons (Fsp3) is 0.379. The summed E-state index contributed by atoms with van der Waals surface area (Å²) in [5.41, 5.74) is 1.46. The molecule has 4 aromatic rings. The lowest BCUT2D eigenvalue weighted by molar-refractivity contribution is 0.102. The number of hydrogen-bond donors (Lipinski definition) is 3. The molecule has 3 fully saturated rings. The van der Waals surface area contributed by atoms with E-state index in [0.717, 1.165) is 38.8 Å². The van der Waals surface area contributed by atoms with Crippen molar-refractivity contribution in [1.82, 2.24) is 20.1 Å². The molecule has 2 aromatic heterocycles. The highest BCUT2D eigenvalue weighted by Gasteiger charge is 2.38. The molecule has 2 aromatic carbocycles. The second-order valence-corrected chi connectivity index (χ2v) is 11.3. The largest absolute Gasteiger partial charge is 0.492 e. The third-order valence-corrected chi connectivity index (χ3v) is 8.51. The topological polar surface area (TPSA) is 117 Å². The van der Waals surface area contributed by atoms with Crippen LogP contribution in [0.25, 0.3) is 22.4 Å². The first-order valence-corrected chi connectivity index (χ1v) is 14.2. The highest BCUT2D eigenvalue weighted by Crippen LogP contribution is 2.45. The van der Waals surface area contributed by atoms with Gasteiger partial charge in [0.25, 0.3) is 10.7 Å². The second-order valence-electron chi connectivity index (χ2n) is 11.0. The van der Waals surface area contributed by atoms with Crippen LogP contribution >= 0.6 is 24.6 Å². The van der Waals surface area contributed by atoms with E-state index in [9.17, 15) is 9.59 Å². The summed E-state index contributed by atoms with van der Waals surface area (Å²) in [7, 11) is 1.51. The maximum atomic E-state index is 15.9. The minimum absolute atomic E-state index is 0. The van der Waals surface area contributed by atoms with E-state index in [2.05, 4.69) is 20.8 Å². The number of H-pyrrole nitrogens is 1. The number of halogens is 2. The molecule has 220 valence electrons. The number of hydrogen-bond acceptors (Lipinski definition) is 8. The number of fused-ring (bicyclic) bond motifs is 2. The van der Waals surface area contributed by atoms with Gasteiger partial charge in [-0.15, -0.1) is 17.5 Å². The standard InChI is InChI=1S/C29H29FN6O4S.ClH/c1-39-26-23-19(11-21(30)24(26)35-12-16-3-2-10-31-22(16)14-35)25(37)20(13-36(23)18-8-9-18)27(38)32-17-6-4-15(5-7-17)28-33-34-29(41)40-28;/h4-7,11,13,16,18,22,31H,2-3,8-10,12,14H2,1H3,(H,32,38)(H,34,41);1H. The van der Waals surface area contributed by atoms with Crippen LogP contribution in [0.15, 0.2) is 45.7 Å². The number of anilines is 2. The predicted molar refractivity (Wildman–Crippen MR) is 162 cm³/mol. The van der Waals surface area contributed by atoms with Gasteiger partial charge in [-0.05, 0) is 80.7 Å². The van der Waals surface area contributed by atoms with Gasteiger partial charge in [0.15, 0.2) is 11.6 Å². The predicted octanol–water partition coefficient (Wildman–Crippen LogP) is 5.06. The Bertz CT molecular complexity index is 1770. The first-order valence-electron chi connectivity index (χ1n) is 13.8. The van der Waals surface area contributed by atoms with Crippen molar-refractivity contribution in [2.75, 3.05) is 37.0 Å². The van der Waals surface area contributed by atoms with Gasteiger partial charge in [-0.3, -0.25) is 9.59 Å². The van der Waals surface area contributed by atoms with Crippen molar-refractivity contribution < 1.29 is 18.3 Å². The van der Waals surface area contributed by atoms with E-state index in [4.69, 9.17) is 21.4 Å². The Balaban J connectivity index is 0.00000316. The average molecular weight is 613 g/mol. The molecular formula is C29H30ClFN6O4S. The molecule has 7 rings (SSSR count). The van der Waals surface area contributed by atoms with Crippen molar-refractivity contribution in [3.8, 4) is 17.2 Å². The molecule has 0 radical (unpaired) electrons. The molecule has 13 heteroatoms. The first kappa shape index (κ1) is 28.4. The normalized spacial score (nSPS) is 19.8. The molecule has 10 nitrogen and oxygen atoms in total. The van der Waals surface area contributed by atoms with Crippen molar-refractivity contribution in [1.29, 1.82) is 0 Å². The molecule has 2 aliphatic heterocycles. The molecule has 3 N–H and O–H groups in total. The number of nitrogens with zero attached hydrogens (tertiary/aromatic N) is 3. The number of pyridine rings is 1. The Hall–Kier alpha value is -3.74. The van der Waals surface area contributed by atoms with Gasteiger partial charge in [0.05, 0.1) is 18.0 Å². The zero-order chi connectivity index (χ0) is 28.2. The molecule has 2 saturated heterocycles. The summed E-state index contributed by atoms with van der Waals surface area (Å²) in [5, 5.41) is 13.0. The van der Waals surface area contributed by atoms with Gasteiger partial charge in [-0.2, -0.15) is 0 Å². The number of aromatic nitrogens is 3. The molecule has 1 saturated carbocycles. The SMILES string of the molecule is COc1c(N2CC3CCCNC3C2)c(F)cc2c(=O)c(C(=O)Nc3ccc(-c4n[nH]c(=S)o4)cc3)cn(C3CC3)c12.Cl.